The maximum Gasteiger partial charge on any atom is 0.329 e. The number of carbonyl (C=O) groups excluding carboxylic acids is 8. The number of rotatable bonds is 18. The molecule has 4 rings (SSSR count). The molecule has 1 unspecified atom stereocenters. The molecule has 1 saturated carbocycles. The molecule has 3 aliphatic heterocycles. The van der Waals surface area contributed by atoms with Gasteiger partial charge in [-0.1, -0.05) is 51.5 Å². The lowest BCUT2D eigenvalue weighted by atomic mass is 9.81. The second-order valence-electron chi connectivity index (χ2n) is 21.9. The summed E-state index contributed by atoms with van der Waals surface area (Å²) in [6.45, 7) is 16.1. The van der Waals surface area contributed by atoms with E-state index in [1.54, 1.807) is 40.9 Å². The van der Waals surface area contributed by atoms with Crippen LogP contribution in [0, 0.1) is 35.5 Å². The van der Waals surface area contributed by atoms with Crippen LogP contribution in [-0.2, 0) is 81.0 Å². The van der Waals surface area contributed by atoms with Crippen molar-refractivity contribution in [2.45, 2.75) is 200 Å². The van der Waals surface area contributed by atoms with Crippen molar-refractivity contribution in [2.75, 3.05) is 40.8 Å². The van der Waals surface area contributed by atoms with E-state index in [0.717, 1.165) is 5.57 Å². The van der Waals surface area contributed by atoms with Crippen LogP contribution in [0.15, 0.2) is 36.0 Å². The van der Waals surface area contributed by atoms with Gasteiger partial charge in [0.2, 0.25) is 5.79 Å². The number of piperidine rings is 1. The molecule has 14 atom stereocenters. The predicted molar refractivity (Wildman–Crippen MR) is 278 cm³/mol. The van der Waals surface area contributed by atoms with Crippen LogP contribution >= 0.6 is 0 Å². The van der Waals surface area contributed by atoms with Crippen molar-refractivity contribution in [1.29, 1.82) is 0 Å². The smallest absolute Gasteiger partial charge is 0.329 e. The number of amides is 1. The maximum atomic E-state index is 14.5. The molecule has 3 heterocycles. The van der Waals surface area contributed by atoms with E-state index in [2.05, 4.69) is 13.5 Å². The molecule has 3 fully saturated rings. The predicted octanol–water partition coefficient (Wildman–Crippen LogP) is 5.99. The molecule has 2 bridgehead atoms. The summed E-state index contributed by atoms with van der Waals surface area (Å²) in [6.07, 6.45) is 4.60. The fourth-order valence-electron chi connectivity index (χ4n) is 11.0. The highest BCUT2D eigenvalue weighted by Gasteiger charge is 2.55. The highest BCUT2D eigenvalue weighted by molar-refractivity contribution is 6.39. The lowest BCUT2D eigenvalue weighted by Gasteiger charge is -2.45. The number of fused-ring (bicyclic) bond motifs is 3. The van der Waals surface area contributed by atoms with Crippen LogP contribution in [0.1, 0.15) is 145 Å². The van der Waals surface area contributed by atoms with Gasteiger partial charge in [-0.15, -0.1) is 6.58 Å². The summed E-state index contributed by atoms with van der Waals surface area (Å²) in [7, 11) is 3.08. The van der Waals surface area contributed by atoms with Crippen LogP contribution in [0.5, 0.6) is 0 Å². The second kappa shape index (κ2) is 31.1. The van der Waals surface area contributed by atoms with Crippen LogP contribution in [0.2, 0.25) is 0 Å². The molecule has 2 N–H and O–H groups in total. The lowest BCUT2D eigenvalue weighted by Crippen LogP contribution is -2.62. The van der Waals surface area contributed by atoms with Gasteiger partial charge >= 0.3 is 29.8 Å². The van der Waals surface area contributed by atoms with Gasteiger partial charge in [-0.2, -0.15) is 0 Å². The summed E-state index contributed by atoms with van der Waals surface area (Å²) < 4.78 is 50.7. The summed E-state index contributed by atoms with van der Waals surface area (Å²) in [4.78, 5) is 106. The fraction of sp³-hybridized carbons (Fsp3) is 0.754. The molecule has 77 heavy (non-hydrogen) atoms. The number of allylic oxidation sites excluding steroid dienone is 4. The molecule has 4 aliphatic rings. The first kappa shape index (κ1) is 64.7. The molecular formula is C57H87NO19. The van der Waals surface area contributed by atoms with Gasteiger partial charge in [0.15, 0.2) is 12.9 Å². The maximum absolute atomic E-state index is 14.5. The van der Waals surface area contributed by atoms with Gasteiger partial charge in [-0.05, 0) is 108 Å². The van der Waals surface area contributed by atoms with Crippen molar-refractivity contribution < 1.29 is 91.2 Å². The monoisotopic (exact) mass is 1090 g/mol. The number of aliphatic hydroxyl groups excluding tert-OH is 1. The van der Waals surface area contributed by atoms with E-state index in [0.29, 0.717) is 63.4 Å². The van der Waals surface area contributed by atoms with Crippen LogP contribution in [-0.4, -0.2) is 158 Å². The molecule has 0 aromatic heterocycles. The Kier molecular flexibility index (Phi) is 26.1. The molecule has 1 aliphatic carbocycles. The van der Waals surface area contributed by atoms with E-state index in [1.165, 1.54) is 25.9 Å². The van der Waals surface area contributed by atoms with E-state index in [-0.39, 0.29) is 76.3 Å². The van der Waals surface area contributed by atoms with Gasteiger partial charge in [-0.25, -0.2) is 4.79 Å². The number of hydrogen-bond acceptors (Lipinski definition) is 19. The molecule has 0 aromatic rings. The first-order valence-corrected chi connectivity index (χ1v) is 27.3. The molecule has 0 radical (unpaired) electrons. The van der Waals surface area contributed by atoms with Crippen LogP contribution in [0.3, 0.4) is 0 Å². The van der Waals surface area contributed by atoms with E-state index in [1.807, 2.05) is 19.1 Å². The third-order valence-corrected chi connectivity index (χ3v) is 15.3. The zero-order valence-electron chi connectivity index (χ0n) is 47.0. The van der Waals surface area contributed by atoms with Crippen molar-refractivity contribution >= 4 is 47.3 Å². The van der Waals surface area contributed by atoms with Crippen LogP contribution in [0.25, 0.3) is 0 Å². The summed E-state index contributed by atoms with van der Waals surface area (Å²) in [5.41, 5.74) is 1.55. The first-order chi connectivity index (χ1) is 36.4. The quantitative estimate of drug-likeness (QED) is 0.0525. The molecule has 1 amide bonds. The van der Waals surface area contributed by atoms with Crippen molar-refractivity contribution in [3.8, 4) is 0 Å². The van der Waals surface area contributed by atoms with Crippen LogP contribution < -0.4 is 0 Å². The summed E-state index contributed by atoms with van der Waals surface area (Å²) in [5.74, 6) is -10.9. The highest BCUT2D eigenvalue weighted by atomic mass is 16.7. The third-order valence-electron chi connectivity index (χ3n) is 15.3. The minimum Gasteiger partial charge on any atom is -0.462 e. The highest BCUT2D eigenvalue weighted by Crippen LogP contribution is 2.39. The Labute approximate surface area is 454 Å². The minimum absolute atomic E-state index is 0.0566. The number of esters is 5. The Morgan fingerprint density at radius 2 is 1.52 bits per heavy atom. The number of hydrogen-bond donors (Lipinski definition) is 2. The number of Topliss-reactive ketones (excluding diaryl/α,β-unsaturated/α-hetero) is 2. The largest absolute Gasteiger partial charge is 0.462 e. The number of aliphatic hydroxyl groups is 2. The number of ketones is 2. The fourth-order valence-corrected chi connectivity index (χ4v) is 11.0. The molecule has 0 aromatic carbocycles. The van der Waals surface area contributed by atoms with Gasteiger partial charge in [0, 0.05) is 71.6 Å². The van der Waals surface area contributed by atoms with E-state index >= 15 is 0 Å². The van der Waals surface area contributed by atoms with Crippen molar-refractivity contribution in [3.63, 3.8) is 0 Å². The van der Waals surface area contributed by atoms with Gasteiger partial charge in [0.25, 0.3) is 11.7 Å². The molecule has 2 saturated heterocycles. The molecule has 0 spiro atoms. The molecule has 20 heteroatoms. The average molecular weight is 1090 g/mol. The molecule has 20 nitrogen and oxygen atoms in total. The topological polar surface area (TPSA) is 263 Å². The van der Waals surface area contributed by atoms with Gasteiger partial charge in [-0.3, -0.25) is 33.6 Å². The Morgan fingerprint density at radius 3 is 2.16 bits per heavy atom. The van der Waals surface area contributed by atoms with E-state index in [9.17, 15) is 48.6 Å². The van der Waals surface area contributed by atoms with Crippen molar-refractivity contribution in [2.24, 2.45) is 35.5 Å². The SMILES string of the molecule is C=CC[C@@H]1/C=C(\C)C[C@H](C)CC[C@H]2O[C@@](O)(C(=O)C(=O)N3CCCC[C@H]3C(=O)O[C@H](/C(C)=C/[C@@H]3CC[C@@H](OCOC(=O)CC(C)CC(=O)OC(COC(C)=O)COC(C)=O)[C@H](OC)C3)[C@H](C)[C@@H](O)CC1=O)[C@H](C)C[C@@H]2OC. The number of ether oxygens (including phenoxy) is 9. The van der Waals surface area contributed by atoms with E-state index in [4.69, 9.17) is 42.6 Å². The summed E-state index contributed by atoms with van der Waals surface area (Å²) in [5, 5.41) is 23.9. The Bertz CT molecular complexity index is 2090. The average Bonchev–Trinajstić information content (AvgIpc) is 3.37. The lowest BCUT2D eigenvalue weighted by molar-refractivity contribution is -0.287. The van der Waals surface area contributed by atoms with Gasteiger partial charge < -0.3 is 57.7 Å². The number of cyclic esters (lactones) is 1. The minimum atomic E-state index is -2.47. The Balaban J connectivity index is 1.51. The zero-order valence-corrected chi connectivity index (χ0v) is 47.0. The number of nitrogens with zero attached hydrogens (tertiary/aromatic N) is 1. The summed E-state index contributed by atoms with van der Waals surface area (Å²) in [6, 6.07) is -1.19. The Morgan fingerprint density at radius 1 is 0.857 bits per heavy atom. The molecule has 434 valence electrons. The van der Waals surface area contributed by atoms with E-state index < -0.39 is 120 Å². The standard InChI is InChI=1S/C57H87NO19/c1-12-15-42-23-34(3)22-33(2)17-19-48-49(69-10)27-37(6)57(68,77-48)54(65)55(66)58-21-14-13-16-44(58)56(67)76-53(38(7)45(61)29-46(42)62)36(5)26-41-18-20-47(50(28-41)70-11)73-32-74-51(63)24-35(4)25-52(64)75-43(30-71-39(8)59)31-72-40(9)60/h12,23,26,33,35,37-38,41-45,47-50,53,61,68H,1,13-22,24-25,27-32H2,2-11H3/b34-23+,36-26+/t33-,35?,37-,38-,41+,42-,44+,45+,47-,48-,49+,50-,53-,57-/m1/s1. The number of methoxy groups -OCH3 is 2. The van der Waals surface area contributed by atoms with Gasteiger partial charge in [0.1, 0.15) is 31.1 Å². The van der Waals surface area contributed by atoms with Gasteiger partial charge in [0.05, 0.1) is 30.5 Å². The molecular weight excluding hydrogens is 1000 g/mol. The van der Waals surface area contributed by atoms with Crippen molar-refractivity contribution in [1.82, 2.24) is 4.90 Å². The first-order valence-electron chi connectivity index (χ1n) is 27.3. The third kappa shape index (κ3) is 19.5. The van der Waals surface area contributed by atoms with Crippen molar-refractivity contribution in [3.05, 3.63) is 36.0 Å². The Hall–Kier alpha value is -4.86. The second-order valence-corrected chi connectivity index (χ2v) is 21.9. The normalized spacial score (nSPS) is 32.6. The summed E-state index contributed by atoms with van der Waals surface area (Å²) >= 11 is 0. The number of carbonyl (C=O) groups is 8. The van der Waals surface area contributed by atoms with Crippen LogP contribution in [0.4, 0.5) is 0 Å². The zero-order chi connectivity index (χ0) is 57.1.